The van der Waals surface area contributed by atoms with E-state index < -0.39 is 0 Å². The molecule has 0 fully saturated rings. The number of furan rings is 1. The lowest BCUT2D eigenvalue weighted by Gasteiger charge is -2.05. The second kappa shape index (κ2) is 7.17. The van der Waals surface area contributed by atoms with Gasteiger partial charge < -0.3 is 9.73 Å². The van der Waals surface area contributed by atoms with Gasteiger partial charge in [0.15, 0.2) is 5.76 Å². The van der Waals surface area contributed by atoms with Crippen molar-refractivity contribution in [2.75, 3.05) is 0 Å². The molecular weight excluding hydrogens is 290 g/mol. The first kappa shape index (κ1) is 14.7. The summed E-state index contributed by atoms with van der Waals surface area (Å²) in [5, 5.41) is 2.80. The summed E-state index contributed by atoms with van der Waals surface area (Å²) < 4.78 is 5.34. The predicted molar refractivity (Wildman–Crippen MR) is 87.1 cm³/mol. The number of hydrogen-bond donors (Lipinski definition) is 1. The minimum Gasteiger partial charge on any atom is -0.463 e. The summed E-state index contributed by atoms with van der Waals surface area (Å²) in [5.74, 6) is 0.437. The molecule has 1 N–H and O–H groups in total. The monoisotopic (exact) mass is 305 g/mol. The smallest absolute Gasteiger partial charge is 0.244 e. The topological polar surface area (TPSA) is 68.0 Å². The lowest BCUT2D eigenvalue weighted by Crippen LogP contribution is -2.21. The minimum atomic E-state index is -0.190. The Hall–Kier alpha value is -3.21. The van der Waals surface area contributed by atoms with Crippen LogP contribution in [0.1, 0.15) is 11.3 Å². The highest BCUT2D eigenvalue weighted by atomic mass is 16.3. The quantitative estimate of drug-likeness (QED) is 0.736. The van der Waals surface area contributed by atoms with E-state index in [0.717, 1.165) is 5.56 Å². The summed E-state index contributed by atoms with van der Waals surface area (Å²) in [6.45, 7) is 0.280. The molecule has 0 aliphatic carbocycles. The molecule has 0 aliphatic heterocycles. The molecule has 5 nitrogen and oxygen atoms in total. The molecular formula is C18H15N3O2. The van der Waals surface area contributed by atoms with Crippen LogP contribution >= 0.6 is 0 Å². The van der Waals surface area contributed by atoms with Crippen molar-refractivity contribution in [1.82, 2.24) is 15.3 Å². The Morgan fingerprint density at radius 3 is 2.70 bits per heavy atom. The van der Waals surface area contributed by atoms with Crippen molar-refractivity contribution in [3.05, 3.63) is 78.5 Å². The third kappa shape index (κ3) is 3.91. The molecule has 0 aliphatic rings. The van der Waals surface area contributed by atoms with Gasteiger partial charge in [0.1, 0.15) is 5.69 Å². The van der Waals surface area contributed by atoms with Gasteiger partial charge in [-0.25, -0.2) is 4.98 Å². The molecule has 2 aromatic heterocycles. The molecule has 114 valence electrons. The molecule has 1 aromatic carbocycles. The van der Waals surface area contributed by atoms with E-state index >= 15 is 0 Å². The van der Waals surface area contributed by atoms with Crippen LogP contribution in [0.15, 0.2) is 71.6 Å². The van der Waals surface area contributed by atoms with Crippen LogP contribution in [0.25, 0.3) is 17.5 Å². The SMILES string of the molecule is O=C(/C=C/c1ccccc1)NCc1nccnc1-c1ccco1. The second-order valence-electron chi connectivity index (χ2n) is 4.79. The standard InChI is InChI=1S/C18H15N3O2/c22-17(9-8-14-5-2-1-3-6-14)21-13-15-18(20-11-10-19-15)16-7-4-12-23-16/h1-12H,13H2,(H,21,22)/b9-8+. The number of nitrogens with one attached hydrogen (secondary N) is 1. The Kier molecular flexibility index (Phi) is 4.59. The van der Waals surface area contributed by atoms with Crippen LogP contribution in [0, 0.1) is 0 Å². The number of hydrogen-bond acceptors (Lipinski definition) is 4. The number of carbonyl (C=O) groups is 1. The highest BCUT2D eigenvalue weighted by molar-refractivity contribution is 5.91. The van der Waals surface area contributed by atoms with E-state index in [1.165, 1.54) is 6.08 Å². The molecule has 3 aromatic rings. The van der Waals surface area contributed by atoms with Gasteiger partial charge in [0.2, 0.25) is 5.91 Å². The van der Waals surface area contributed by atoms with Crippen LogP contribution in [0.3, 0.4) is 0 Å². The number of benzene rings is 1. The minimum absolute atomic E-state index is 0.190. The Balaban J connectivity index is 1.65. The molecule has 2 heterocycles. The predicted octanol–water partition coefficient (Wildman–Crippen LogP) is 3.07. The van der Waals surface area contributed by atoms with Gasteiger partial charge in [0.25, 0.3) is 0 Å². The van der Waals surface area contributed by atoms with Gasteiger partial charge in [-0.05, 0) is 23.8 Å². The molecule has 0 bridgehead atoms. The summed E-state index contributed by atoms with van der Waals surface area (Å²) in [6, 6.07) is 13.2. The third-order valence-electron chi connectivity index (χ3n) is 3.19. The van der Waals surface area contributed by atoms with Crippen LogP contribution in [0.5, 0.6) is 0 Å². The van der Waals surface area contributed by atoms with Crippen LogP contribution < -0.4 is 5.32 Å². The van der Waals surface area contributed by atoms with Gasteiger partial charge in [0, 0.05) is 18.5 Å². The number of carbonyl (C=O) groups excluding carboxylic acids is 1. The van der Waals surface area contributed by atoms with E-state index in [4.69, 9.17) is 4.42 Å². The van der Waals surface area contributed by atoms with E-state index in [1.807, 2.05) is 36.4 Å². The zero-order chi connectivity index (χ0) is 15.9. The number of aromatic nitrogens is 2. The maximum Gasteiger partial charge on any atom is 0.244 e. The van der Waals surface area contributed by atoms with E-state index in [-0.39, 0.29) is 12.5 Å². The second-order valence-corrected chi connectivity index (χ2v) is 4.79. The van der Waals surface area contributed by atoms with Crippen molar-refractivity contribution in [2.45, 2.75) is 6.54 Å². The van der Waals surface area contributed by atoms with E-state index in [9.17, 15) is 4.79 Å². The van der Waals surface area contributed by atoms with Crippen LogP contribution in [-0.4, -0.2) is 15.9 Å². The Labute approximate surface area is 133 Å². The Bertz CT molecular complexity index is 796. The lowest BCUT2D eigenvalue weighted by atomic mass is 10.2. The molecule has 0 saturated heterocycles. The molecule has 1 amide bonds. The molecule has 23 heavy (non-hydrogen) atoms. The van der Waals surface area contributed by atoms with Crippen molar-refractivity contribution in [2.24, 2.45) is 0 Å². The zero-order valence-corrected chi connectivity index (χ0v) is 12.3. The molecule has 0 atom stereocenters. The Morgan fingerprint density at radius 1 is 1.09 bits per heavy atom. The van der Waals surface area contributed by atoms with E-state index in [1.54, 1.807) is 30.8 Å². The molecule has 0 saturated carbocycles. The molecule has 5 heteroatoms. The van der Waals surface area contributed by atoms with Crippen molar-refractivity contribution < 1.29 is 9.21 Å². The lowest BCUT2D eigenvalue weighted by molar-refractivity contribution is -0.116. The van der Waals surface area contributed by atoms with Crippen LogP contribution in [-0.2, 0) is 11.3 Å². The zero-order valence-electron chi connectivity index (χ0n) is 12.3. The van der Waals surface area contributed by atoms with Gasteiger partial charge in [0.05, 0.1) is 18.5 Å². The first-order chi connectivity index (χ1) is 11.3. The average Bonchev–Trinajstić information content (AvgIpc) is 3.14. The number of rotatable bonds is 5. The molecule has 3 rings (SSSR count). The fraction of sp³-hybridized carbons (Fsp3) is 0.0556. The summed E-state index contributed by atoms with van der Waals surface area (Å²) in [5.41, 5.74) is 2.26. The van der Waals surface area contributed by atoms with Gasteiger partial charge in [-0.3, -0.25) is 9.78 Å². The van der Waals surface area contributed by atoms with Crippen molar-refractivity contribution in [3.8, 4) is 11.5 Å². The van der Waals surface area contributed by atoms with Crippen molar-refractivity contribution >= 4 is 12.0 Å². The van der Waals surface area contributed by atoms with Crippen LogP contribution in [0.2, 0.25) is 0 Å². The van der Waals surface area contributed by atoms with Crippen LogP contribution in [0.4, 0.5) is 0 Å². The third-order valence-corrected chi connectivity index (χ3v) is 3.19. The molecule has 0 unspecified atom stereocenters. The number of nitrogens with zero attached hydrogens (tertiary/aromatic N) is 2. The maximum atomic E-state index is 11.9. The first-order valence-electron chi connectivity index (χ1n) is 7.17. The molecule has 0 spiro atoms. The Morgan fingerprint density at radius 2 is 1.91 bits per heavy atom. The summed E-state index contributed by atoms with van der Waals surface area (Å²) in [6.07, 6.45) is 8.03. The van der Waals surface area contributed by atoms with Gasteiger partial charge in [-0.1, -0.05) is 30.3 Å². The van der Waals surface area contributed by atoms with Gasteiger partial charge in [-0.15, -0.1) is 0 Å². The van der Waals surface area contributed by atoms with Crippen molar-refractivity contribution in [1.29, 1.82) is 0 Å². The maximum absolute atomic E-state index is 11.9. The summed E-state index contributed by atoms with van der Waals surface area (Å²) in [4.78, 5) is 20.4. The molecule has 0 radical (unpaired) electrons. The highest BCUT2D eigenvalue weighted by Crippen LogP contribution is 2.19. The van der Waals surface area contributed by atoms with Gasteiger partial charge >= 0.3 is 0 Å². The average molecular weight is 305 g/mol. The normalized spacial score (nSPS) is 10.8. The van der Waals surface area contributed by atoms with E-state index in [0.29, 0.717) is 17.1 Å². The number of amides is 1. The first-order valence-corrected chi connectivity index (χ1v) is 7.17. The van der Waals surface area contributed by atoms with Gasteiger partial charge in [-0.2, -0.15) is 0 Å². The van der Waals surface area contributed by atoms with Crippen molar-refractivity contribution in [3.63, 3.8) is 0 Å². The fourth-order valence-electron chi connectivity index (χ4n) is 2.08. The van der Waals surface area contributed by atoms with E-state index in [2.05, 4.69) is 15.3 Å². The summed E-state index contributed by atoms with van der Waals surface area (Å²) >= 11 is 0. The summed E-state index contributed by atoms with van der Waals surface area (Å²) in [7, 11) is 0. The highest BCUT2D eigenvalue weighted by Gasteiger charge is 2.10. The largest absolute Gasteiger partial charge is 0.463 e. The fourth-order valence-corrected chi connectivity index (χ4v) is 2.08.